The maximum Gasteiger partial charge on any atom is 0.180 e. The van der Waals surface area contributed by atoms with Gasteiger partial charge in [-0.3, -0.25) is 0 Å². The van der Waals surface area contributed by atoms with E-state index in [9.17, 15) is 5.11 Å². The lowest BCUT2D eigenvalue weighted by atomic mass is 10.0. The van der Waals surface area contributed by atoms with E-state index in [1.807, 2.05) is 66.9 Å². The molecule has 2 atom stereocenters. The van der Waals surface area contributed by atoms with Gasteiger partial charge in [-0.05, 0) is 41.6 Å². The summed E-state index contributed by atoms with van der Waals surface area (Å²) in [6.07, 6.45) is -0.591. The SMILES string of the molecule is COc1cc(CN[C@H](C)[C@@H](O)c2ccccc2)cc(Cl)c1OCc1cccs1. The van der Waals surface area contributed by atoms with Gasteiger partial charge in [0.15, 0.2) is 11.5 Å². The number of benzene rings is 2. The zero-order valence-corrected chi connectivity index (χ0v) is 17.5. The van der Waals surface area contributed by atoms with Gasteiger partial charge >= 0.3 is 0 Å². The Labute approximate surface area is 174 Å². The van der Waals surface area contributed by atoms with Crippen molar-refractivity contribution in [3.8, 4) is 11.5 Å². The van der Waals surface area contributed by atoms with E-state index in [-0.39, 0.29) is 6.04 Å². The van der Waals surface area contributed by atoms with Gasteiger partial charge in [0.25, 0.3) is 0 Å². The number of methoxy groups -OCH3 is 1. The molecule has 0 bridgehead atoms. The first kappa shape index (κ1) is 20.7. The summed E-state index contributed by atoms with van der Waals surface area (Å²) >= 11 is 8.08. The molecule has 0 radical (unpaired) electrons. The molecule has 0 aliphatic heterocycles. The molecule has 6 heteroatoms. The smallest absolute Gasteiger partial charge is 0.180 e. The number of hydrogen-bond acceptors (Lipinski definition) is 5. The van der Waals surface area contributed by atoms with Crippen LogP contribution in [0.5, 0.6) is 11.5 Å². The molecule has 3 aromatic rings. The van der Waals surface area contributed by atoms with Crippen LogP contribution in [0, 0.1) is 0 Å². The molecule has 0 aliphatic carbocycles. The Kier molecular flexibility index (Phi) is 7.34. The molecule has 0 amide bonds. The maximum atomic E-state index is 10.5. The number of nitrogens with one attached hydrogen (secondary N) is 1. The van der Waals surface area contributed by atoms with E-state index in [1.165, 1.54) is 0 Å². The van der Waals surface area contributed by atoms with E-state index >= 15 is 0 Å². The standard InChI is InChI=1S/C22H24ClNO3S/c1-15(21(25)17-7-4-3-5-8-17)24-13-16-11-19(23)22(20(12-16)26-2)27-14-18-9-6-10-28-18/h3-12,15,21,24-25H,13-14H2,1-2H3/t15-,21-/m1/s1. The van der Waals surface area contributed by atoms with Crippen LogP contribution in [0.2, 0.25) is 5.02 Å². The zero-order valence-electron chi connectivity index (χ0n) is 15.9. The third-order valence-electron chi connectivity index (χ3n) is 4.47. The van der Waals surface area contributed by atoms with E-state index < -0.39 is 6.10 Å². The molecule has 1 aromatic heterocycles. The van der Waals surface area contributed by atoms with Gasteiger partial charge in [0.05, 0.1) is 18.2 Å². The Hall–Kier alpha value is -2.05. The summed E-state index contributed by atoms with van der Waals surface area (Å²) in [5, 5.41) is 16.4. The topological polar surface area (TPSA) is 50.7 Å². The van der Waals surface area contributed by atoms with Crippen molar-refractivity contribution in [2.45, 2.75) is 32.2 Å². The summed E-state index contributed by atoms with van der Waals surface area (Å²) < 4.78 is 11.4. The molecule has 148 valence electrons. The predicted octanol–water partition coefficient (Wildman–Crippen LogP) is 5.20. The molecule has 0 saturated carbocycles. The van der Waals surface area contributed by atoms with Crippen molar-refractivity contribution in [2.75, 3.05) is 7.11 Å². The van der Waals surface area contributed by atoms with Crippen molar-refractivity contribution in [3.05, 3.63) is 81.0 Å². The fraction of sp³-hybridized carbons (Fsp3) is 0.273. The summed E-state index contributed by atoms with van der Waals surface area (Å²) in [6, 6.07) is 17.3. The Morgan fingerprint density at radius 2 is 1.93 bits per heavy atom. The maximum absolute atomic E-state index is 10.5. The van der Waals surface area contributed by atoms with Crippen molar-refractivity contribution in [1.29, 1.82) is 0 Å². The lowest BCUT2D eigenvalue weighted by Gasteiger charge is -2.21. The van der Waals surface area contributed by atoms with Crippen molar-refractivity contribution < 1.29 is 14.6 Å². The second kappa shape index (κ2) is 9.94. The Balaban J connectivity index is 1.64. The van der Waals surface area contributed by atoms with Crippen LogP contribution < -0.4 is 14.8 Å². The lowest BCUT2D eigenvalue weighted by Crippen LogP contribution is -2.31. The van der Waals surface area contributed by atoms with Crippen molar-refractivity contribution in [1.82, 2.24) is 5.32 Å². The van der Waals surface area contributed by atoms with E-state index in [1.54, 1.807) is 18.4 Å². The molecule has 2 aromatic carbocycles. The Morgan fingerprint density at radius 3 is 2.61 bits per heavy atom. The highest BCUT2D eigenvalue weighted by Crippen LogP contribution is 2.37. The quantitative estimate of drug-likeness (QED) is 0.502. The van der Waals surface area contributed by atoms with Crippen molar-refractivity contribution in [3.63, 3.8) is 0 Å². The molecular weight excluding hydrogens is 394 g/mol. The highest BCUT2D eigenvalue weighted by molar-refractivity contribution is 7.09. The van der Waals surface area contributed by atoms with E-state index in [4.69, 9.17) is 21.1 Å². The van der Waals surface area contributed by atoms with E-state index in [0.29, 0.717) is 29.7 Å². The van der Waals surface area contributed by atoms with Gasteiger partial charge in [-0.1, -0.05) is 48.0 Å². The van der Waals surface area contributed by atoms with Gasteiger partial charge in [-0.25, -0.2) is 0 Å². The number of aliphatic hydroxyl groups is 1. The average Bonchev–Trinajstić information content (AvgIpc) is 3.24. The molecule has 2 N–H and O–H groups in total. The predicted molar refractivity (Wildman–Crippen MR) is 114 cm³/mol. The van der Waals surface area contributed by atoms with E-state index in [2.05, 4.69) is 5.32 Å². The third kappa shape index (κ3) is 5.26. The average molecular weight is 418 g/mol. The number of ether oxygens (including phenoxy) is 2. The fourth-order valence-electron chi connectivity index (χ4n) is 2.88. The van der Waals surface area contributed by atoms with Gasteiger partial charge < -0.3 is 19.9 Å². The number of thiophene rings is 1. The number of hydrogen-bond donors (Lipinski definition) is 2. The lowest BCUT2D eigenvalue weighted by molar-refractivity contribution is 0.135. The van der Waals surface area contributed by atoms with Crippen molar-refractivity contribution >= 4 is 22.9 Å². The van der Waals surface area contributed by atoms with E-state index in [0.717, 1.165) is 16.0 Å². The second-order valence-corrected chi connectivity index (χ2v) is 7.94. The Bertz CT molecular complexity index is 871. The van der Waals surface area contributed by atoms with Gasteiger partial charge in [0.2, 0.25) is 0 Å². The highest BCUT2D eigenvalue weighted by Gasteiger charge is 2.17. The normalized spacial score (nSPS) is 13.1. The third-order valence-corrected chi connectivity index (χ3v) is 5.60. The molecule has 0 saturated heterocycles. The number of aliphatic hydroxyl groups excluding tert-OH is 1. The summed E-state index contributed by atoms with van der Waals surface area (Å²) in [5.41, 5.74) is 1.84. The van der Waals surface area contributed by atoms with Gasteiger partial charge in [0.1, 0.15) is 6.61 Å². The highest BCUT2D eigenvalue weighted by atomic mass is 35.5. The van der Waals surface area contributed by atoms with Crippen LogP contribution in [0.25, 0.3) is 0 Å². The molecule has 4 nitrogen and oxygen atoms in total. The molecule has 28 heavy (non-hydrogen) atoms. The van der Waals surface area contributed by atoms with Crippen LogP contribution in [0.3, 0.4) is 0 Å². The van der Waals surface area contributed by atoms with Crippen LogP contribution in [-0.4, -0.2) is 18.3 Å². The van der Waals surface area contributed by atoms with Crippen molar-refractivity contribution in [2.24, 2.45) is 0 Å². The molecular formula is C22H24ClNO3S. The van der Waals surface area contributed by atoms with Gasteiger partial charge in [-0.2, -0.15) is 0 Å². The largest absolute Gasteiger partial charge is 0.493 e. The minimum atomic E-state index is -0.591. The summed E-state index contributed by atoms with van der Waals surface area (Å²) in [5.74, 6) is 1.14. The number of halogens is 1. The molecule has 3 rings (SSSR count). The first-order chi connectivity index (χ1) is 13.6. The van der Waals surface area contributed by atoms with Crippen LogP contribution >= 0.6 is 22.9 Å². The molecule has 0 unspecified atom stereocenters. The fourth-order valence-corrected chi connectivity index (χ4v) is 3.79. The van der Waals surface area contributed by atoms with Crippen LogP contribution in [0.1, 0.15) is 29.0 Å². The molecule has 1 heterocycles. The summed E-state index contributed by atoms with van der Waals surface area (Å²) in [4.78, 5) is 1.12. The van der Waals surface area contributed by atoms with Crippen LogP contribution in [-0.2, 0) is 13.2 Å². The van der Waals surface area contributed by atoms with Gasteiger partial charge in [-0.15, -0.1) is 11.3 Å². The summed E-state index contributed by atoms with van der Waals surface area (Å²) in [7, 11) is 1.60. The number of rotatable bonds is 9. The minimum absolute atomic E-state index is 0.123. The first-order valence-corrected chi connectivity index (χ1v) is 10.3. The van der Waals surface area contributed by atoms with Gasteiger partial charge in [0, 0.05) is 17.5 Å². The Morgan fingerprint density at radius 1 is 1.14 bits per heavy atom. The minimum Gasteiger partial charge on any atom is -0.493 e. The first-order valence-electron chi connectivity index (χ1n) is 9.06. The second-order valence-electron chi connectivity index (χ2n) is 6.50. The summed E-state index contributed by atoms with van der Waals surface area (Å²) in [6.45, 7) is 2.95. The monoisotopic (exact) mass is 417 g/mol. The molecule has 0 fully saturated rings. The van der Waals surface area contributed by atoms with Crippen LogP contribution in [0.15, 0.2) is 60.0 Å². The van der Waals surface area contributed by atoms with Crippen LogP contribution in [0.4, 0.5) is 0 Å². The molecule has 0 spiro atoms. The zero-order chi connectivity index (χ0) is 19.9. The molecule has 0 aliphatic rings.